The zero-order chi connectivity index (χ0) is 27.6. The number of rotatable bonds is 3. The van der Waals surface area contributed by atoms with Gasteiger partial charge in [0.15, 0.2) is 11.6 Å². The summed E-state index contributed by atoms with van der Waals surface area (Å²) in [6, 6.07) is 45.6. The van der Waals surface area contributed by atoms with Crippen molar-refractivity contribution in [3.8, 4) is 28.7 Å². The zero-order valence-electron chi connectivity index (χ0n) is 22.4. The number of para-hydroxylation sites is 1. The van der Waals surface area contributed by atoms with Crippen molar-refractivity contribution in [2.75, 3.05) is 0 Å². The first-order chi connectivity index (χ1) is 20.8. The topological polar surface area (TPSA) is 56.7 Å². The number of hydrogen-bond acceptors (Lipinski definition) is 4. The molecule has 5 nitrogen and oxygen atoms in total. The van der Waals surface area contributed by atoms with Crippen LogP contribution in [0.3, 0.4) is 0 Å². The van der Waals surface area contributed by atoms with Crippen LogP contribution in [0.5, 0.6) is 0 Å². The van der Waals surface area contributed by atoms with Gasteiger partial charge in [0.2, 0.25) is 5.95 Å². The molecular formula is C37H22N4O. The second kappa shape index (κ2) is 8.85. The summed E-state index contributed by atoms with van der Waals surface area (Å²) in [6.07, 6.45) is 0. The minimum atomic E-state index is 0.565. The van der Waals surface area contributed by atoms with Crippen LogP contribution in [0, 0.1) is 0 Å². The van der Waals surface area contributed by atoms with Crippen LogP contribution in [0.2, 0.25) is 0 Å². The maximum Gasteiger partial charge on any atom is 0.238 e. The van der Waals surface area contributed by atoms with Crippen molar-refractivity contribution in [3.05, 3.63) is 133 Å². The lowest BCUT2D eigenvalue weighted by molar-refractivity contribution is 0.664. The van der Waals surface area contributed by atoms with E-state index in [1.807, 2.05) is 54.6 Å². The third-order valence-electron chi connectivity index (χ3n) is 8.04. The fourth-order valence-electron chi connectivity index (χ4n) is 6.14. The van der Waals surface area contributed by atoms with E-state index in [0.29, 0.717) is 17.6 Å². The fraction of sp³-hybridized carbons (Fsp3) is 0. The summed E-state index contributed by atoms with van der Waals surface area (Å²) in [5.41, 5.74) is 5.55. The molecule has 5 heteroatoms. The van der Waals surface area contributed by atoms with E-state index in [0.717, 1.165) is 60.3 Å². The molecule has 0 aliphatic heterocycles. The van der Waals surface area contributed by atoms with E-state index >= 15 is 0 Å². The van der Waals surface area contributed by atoms with Crippen molar-refractivity contribution in [1.82, 2.24) is 19.5 Å². The molecule has 0 bridgehead atoms. The predicted octanol–water partition coefficient (Wildman–Crippen LogP) is 9.36. The molecule has 0 spiro atoms. The Labute approximate surface area is 240 Å². The molecule has 0 N–H and O–H groups in total. The van der Waals surface area contributed by atoms with E-state index in [4.69, 9.17) is 19.4 Å². The Hall–Kier alpha value is -5.81. The van der Waals surface area contributed by atoms with Gasteiger partial charge in [-0.1, -0.05) is 103 Å². The number of nitrogens with zero attached hydrogens (tertiary/aromatic N) is 4. The van der Waals surface area contributed by atoms with Crippen LogP contribution in [0.1, 0.15) is 0 Å². The first kappa shape index (κ1) is 22.9. The van der Waals surface area contributed by atoms with Gasteiger partial charge in [-0.15, -0.1) is 0 Å². The highest BCUT2D eigenvalue weighted by atomic mass is 16.3. The average Bonchev–Trinajstić information content (AvgIpc) is 3.32. The van der Waals surface area contributed by atoms with E-state index < -0.39 is 0 Å². The second-order valence-corrected chi connectivity index (χ2v) is 10.5. The molecule has 9 aromatic rings. The molecule has 0 unspecified atom stereocenters. The van der Waals surface area contributed by atoms with E-state index in [-0.39, 0.29) is 0 Å². The standard InChI is InChI=1S/C37H22N4O/c1-2-11-24(12-3-1)35-38-36(26-21-20-23-10-4-5-13-25(23)22-26)40-37(39-35)41-29-16-8-15-28-27-14-6-7-18-31(27)42-32-19-9-17-30(41)34(32)33(28)29/h1-22H. The molecule has 0 saturated heterocycles. The summed E-state index contributed by atoms with van der Waals surface area (Å²) >= 11 is 0. The second-order valence-electron chi connectivity index (χ2n) is 10.5. The Morgan fingerprint density at radius 3 is 2.00 bits per heavy atom. The third kappa shape index (κ3) is 3.40. The molecule has 3 aromatic heterocycles. The smallest absolute Gasteiger partial charge is 0.238 e. The number of fused-ring (bicyclic) bond motifs is 3. The third-order valence-corrected chi connectivity index (χ3v) is 8.04. The van der Waals surface area contributed by atoms with Crippen LogP contribution >= 0.6 is 0 Å². The van der Waals surface area contributed by atoms with Gasteiger partial charge in [-0.25, -0.2) is 4.98 Å². The molecule has 0 atom stereocenters. The lowest BCUT2D eigenvalue weighted by Gasteiger charge is -2.11. The van der Waals surface area contributed by atoms with Gasteiger partial charge in [-0.3, -0.25) is 4.57 Å². The number of hydrogen-bond donors (Lipinski definition) is 0. The SMILES string of the molecule is c1ccc(-c2nc(-c3ccc4ccccc4c3)nc(-n3c4cccc5oc6ccccc6c6cccc3c6c54)n2)cc1. The average molecular weight is 539 g/mol. The summed E-state index contributed by atoms with van der Waals surface area (Å²) in [7, 11) is 0. The maximum atomic E-state index is 6.53. The van der Waals surface area contributed by atoms with E-state index in [2.05, 4.69) is 83.4 Å². The molecule has 42 heavy (non-hydrogen) atoms. The predicted molar refractivity (Wildman–Crippen MR) is 170 cm³/mol. The van der Waals surface area contributed by atoms with Gasteiger partial charge in [0, 0.05) is 21.9 Å². The molecule has 0 aliphatic rings. The Bertz CT molecular complexity index is 2470. The molecule has 0 amide bonds. The van der Waals surface area contributed by atoms with Crippen molar-refractivity contribution in [3.63, 3.8) is 0 Å². The van der Waals surface area contributed by atoms with Gasteiger partial charge >= 0.3 is 0 Å². The minimum Gasteiger partial charge on any atom is -0.456 e. The molecule has 0 fully saturated rings. The van der Waals surface area contributed by atoms with Gasteiger partial charge in [0.1, 0.15) is 11.2 Å². The highest BCUT2D eigenvalue weighted by Gasteiger charge is 2.21. The monoisotopic (exact) mass is 538 g/mol. The first-order valence-electron chi connectivity index (χ1n) is 14.0. The summed E-state index contributed by atoms with van der Waals surface area (Å²) < 4.78 is 8.68. The lowest BCUT2D eigenvalue weighted by atomic mass is 10.1. The number of benzene rings is 6. The van der Waals surface area contributed by atoms with Crippen LogP contribution in [0.25, 0.3) is 83.2 Å². The minimum absolute atomic E-state index is 0.565. The van der Waals surface area contributed by atoms with Crippen molar-refractivity contribution >= 4 is 54.5 Å². The first-order valence-corrected chi connectivity index (χ1v) is 14.0. The van der Waals surface area contributed by atoms with Gasteiger partial charge in [0.05, 0.1) is 16.4 Å². The van der Waals surface area contributed by atoms with Crippen LogP contribution in [0.4, 0.5) is 0 Å². The Kier molecular flexibility index (Phi) is 4.83. The normalized spacial score (nSPS) is 11.8. The van der Waals surface area contributed by atoms with Crippen LogP contribution in [-0.2, 0) is 0 Å². The van der Waals surface area contributed by atoms with Gasteiger partial charge < -0.3 is 4.42 Å². The quantitative estimate of drug-likeness (QED) is 0.225. The highest BCUT2D eigenvalue weighted by Crippen LogP contribution is 2.40. The zero-order valence-corrected chi connectivity index (χ0v) is 22.4. The van der Waals surface area contributed by atoms with Gasteiger partial charge in [-0.2, -0.15) is 9.97 Å². The highest BCUT2D eigenvalue weighted by molar-refractivity contribution is 6.26. The summed E-state index contributed by atoms with van der Waals surface area (Å²) in [5, 5.41) is 6.69. The molecule has 196 valence electrons. The maximum absolute atomic E-state index is 6.53. The molecule has 0 saturated carbocycles. The molecule has 6 aromatic carbocycles. The van der Waals surface area contributed by atoms with E-state index in [9.17, 15) is 0 Å². The van der Waals surface area contributed by atoms with E-state index in [1.54, 1.807) is 0 Å². The van der Waals surface area contributed by atoms with E-state index in [1.165, 1.54) is 5.39 Å². The molecule has 0 aliphatic carbocycles. The molecule has 3 heterocycles. The molecule has 0 radical (unpaired) electrons. The Balaban J connectivity index is 1.40. The fourth-order valence-corrected chi connectivity index (χ4v) is 6.14. The summed E-state index contributed by atoms with van der Waals surface area (Å²) in [4.78, 5) is 15.2. The van der Waals surface area contributed by atoms with Crippen molar-refractivity contribution < 1.29 is 4.42 Å². The largest absolute Gasteiger partial charge is 0.456 e. The van der Waals surface area contributed by atoms with Crippen LogP contribution < -0.4 is 0 Å². The van der Waals surface area contributed by atoms with Crippen molar-refractivity contribution in [1.29, 1.82) is 0 Å². The Morgan fingerprint density at radius 1 is 0.452 bits per heavy atom. The van der Waals surface area contributed by atoms with Crippen LogP contribution in [-0.4, -0.2) is 19.5 Å². The van der Waals surface area contributed by atoms with Crippen molar-refractivity contribution in [2.24, 2.45) is 0 Å². The molecule has 9 rings (SSSR count). The Morgan fingerprint density at radius 2 is 1.12 bits per heavy atom. The number of aromatic nitrogens is 4. The van der Waals surface area contributed by atoms with Gasteiger partial charge in [-0.05, 0) is 46.5 Å². The van der Waals surface area contributed by atoms with Gasteiger partial charge in [0.25, 0.3) is 0 Å². The lowest BCUT2D eigenvalue weighted by Crippen LogP contribution is -2.06. The summed E-state index contributed by atoms with van der Waals surface area (Å²) in [5.74, 6) is 1.82. The van der Waals surface area contributed by atoms with Crippen LogP contribution in [0.15, 0.2) is 138 Å². The summed E-state index contributed by atoms with van der Waals surface area (Å²) in [6.45, 7) is 0. The molecular weight excluding hydrogens is 516 g/mol. The van der Waals surface area contributed by atoms with Crippen molar-refractivity contribution in [2.45, 2.75) is 0 Å².